The fraction of sp³-hybridized carbons (Fsp3) is 0.385. The maximum absolute atomic E-state index is 11.6. The third-order valence-corrected chi connectivity index (χ3v) is 2.81. The molecule has 1 aromatic carbocycles. The van der Waals surface area contributed by atoms with Gasteiger partial charge in [0, 0.05) is 11.6 Å². The van der Waals surface area contributed by atoms with E-state index in [1.54, 1.807) is 6.07 Å². The van der Waals surface area contributed by atoms with Crippen LogP contribution in [0.15, 0.2) is 24.3 Å². The van der Waals surface area contributed by atoms with E-state index >= 15 is 0 Å². The molecule has 0 fully saturated rings. The van der Waals surface area contributed by atoms with Crippen molar-refractivity contribution in [2.45, 2.75) is 32.4 Å². The minimum atomic E-state index is -1.11. The van der Waals surface area contributed by atoms with Crippen molar-refractivity contribution in [3.05, 3.63) is 39.9 Å². The molecule has 0 spiro atoms. The predicted octanol–water partition coefficient (Wildman–Crippen LogP) is 1.65. The smallest absolute Gasteiger partial charge is 0.326 e. The number of carboxylic acid groups (broad SMARTS) is 1. The zero-order valence-corrected chi connectivity index (χ0v) is 11.5. The largest absolute Gasteiger partial charge is 0.480 e. The van der Waals surface area contributed by atoms with Crippen molar-refractivity contribution in [2.24, 2.45) is 0 Å². The van der Waals surface area contributed by atoms with Crippen molar-refractivity contribution in [2.75, 3.05) is 0 Å². The van der Waals surface area contributed by atoms with E-state index < -0.39 is 23.0 Å². The van der Waals surface area contributed by atoms with E-state index in [2.05, 4.69) is 10.6 Å². The third-order valence-electron chi connectivity index (χ3n) is 2.81. The Kier molecular flexibility index (Phi) is 6.12. The number of nitro benzene ring substituents is 1. The van der Waals surface area contributed by atoms with Gasteiger partial charge in [-0.15, -0.1) is 0 Å². The maximum Gasteiger partial charge on any atom is 0.326 e. The Hall–Kier alpha value is -2.64. The van der Waals surface area contributed by atoms with Gasteiger partial charge in [-0.2, -0.15) is 0 Å². The molecule has 0 aliphatic heterocycles. The molecule has 8 heteroatoms. The quantitative estimate of drug-likeness (QED) is 0.521. The molecule has 0 unspecified atom stereocenters. The summed E-state index contributed by atoms with van der Waals surface area (Å²) >= 11 is 0. The lowest BCUT2D eigenvalue weighted by molar-refractivity contribution is -0.385. The normalized spacial score (nSPS) is 11.5. The third kappa shape index (κ3) is 5.09. The number of hydrogen-bond donors (Lipinski definition) is 3. The van der Waals surface area contributed by atoms with Crippen LogP contribution in [0.25, 0.3) is 0 Å². The highest BCUT2D eigenvalue weighted by molar-refractivity contribution is 5.82. The molecule has 21 heavy (non-hydrogen) atoms. The number of carbonyl (C=O) groups is 2. The number of hydrogen-bond acceptors (Lipinski definition) is 4. The number of carboxylic acids is 1. The number of amides is 2. The van der Waals surface area contributed by atoms with E-state index in [4.69, 9.17) is 5.11 Å². The zero-order chi connectivity index (χ0) is 15.8. The molecule has 0 radical (unpaired) electrons. The van der Waals surface area contributed by atoms with Gasteiger partial charge in [-0.05, 0) is 6.42 Å². The van der Waals surface area contributed by atoms with Gasteiger partial charge >= 0.3 is 12.0 Å². The summed E-state index contributed by atoms with van der Waals surface area (Å²) in [6.07, 6.45) is 0.926. The van der Waals surface area contributed by atoms with Gasteiger partial charge in [-0.3, -0.25) is 10.1 Å². The standard InChI is InChI=1S/C13H17N3O5/c1-2-5-10(12(17)18)15-13(19)14-8-9-6-3-4-7-11(9)16(20)21/h3-4,6-7,10H,2,5,8H2,1H3,(H,17,18)(H2,14,15,19)/t10-/m1/s1. The number of nitrogens with one attached hydrogen (secondary N) is 2. The van der Waals surface area contributed by atoms with Crippen LogP contribution in [-0.4, -0.2) is 28.1 Å². The van der Waals surface area contributed by atoms with Crippen molar-refractivity contribution in [3.8, 4) is 0 Å². The van der Waals surface area contributed by atoms with E-state index in [-0.39, 0.29) is 12.2 Å². The molecule has 1 aromatic rings. The Labute approximate surface area is 121 Å². The lowest BCUT2D eigenvalue weighted by atomic mass is 10.1. The molecule has 0 saturated heterocycles. The molecule has 3 N–H and O–H groups in total. The first-order valence-corrected chi connectivity index (χ1v) is 6.45. The van der Waals surface area contributed by atoms with E-state index in [9.17, 15) is 19.7 Å². The summed E-state index contributed by atoms with van der Waals surface area (Å²) in [4.78, 5) is 32.8. The lowest BCUT2D eigenvalue weighted by Gasteiger charge is -2.14. The van der Waals surface area contributed by atoms with Crippen LogP contribution in [0.2, 0.25) is 0 Å². The number of benzene rings is 1. The highest BCUT2D eigenvalue weighted by Crippen LogP contribution is 2.16. The van der Waals surface area contributed by atoms with Gasteiger partial charge in [-0.25, -0.2) is 9.59 Å². The number of carbonyl (C=O) groups excluding carboxylic acids is 1. The highest BCUT2D eigenvalue weighted by Gasteiger charge is 2.19. The summed E-state index contributed by atoms with van der Waals surface area (Å²) in [5, 5.41) is 24.5. The second kappa shape index (κ2) is 7.83. The van der Waals surface area contributed by atoms with Gasteiger partial charge in [0.1, 0.15) is 6.04 Å². The van der Waals surface area contributed by atoms with Crippen molar-refractivity contribution in [1.82, 2.24) is 10.6 Å². The molecule has 0 aliphatic rings. The van der Waals surface area contributed by atoms with E-state index in [1.807, 2.05) is 6.92 Å². The Bertz CT molecular complexity index is 532. The van der Waals surface area contributed by atoms with E-state index in [0.717, 1.165) is 0 Å². The molecule has 0 aliphatic carbocycles. The predicted molar refractivity (Wildman–Crippen MR) is 74.8 cm³/mol. The molecule has 0 heterocycles. The first kappa shape index (κ1) is 16.4. The van der Waals surface area contributed by atoms with E-state index in [1.165, 1.54) is 18.2 Å². The molecule has 1 atom stereocenters. The fourth-order valence-electron chi connectivity index (χ4n) is 1.77. The molecule has 0 aromatic heterocycles. The van der Waals surface area contributed by atoms with E-state index in [0.29, 0.717) is 18.4 Å². The van der Waals surface area contributed by atoms with Crippen molar-refractivity contribution < 1.29 is 19.6 Å². The molecular formula is C13H17N3O5. The van der Waals surface area contributed by atoms with Crippen LogP contribution in [0.3, 0.4) is 0 Å². The Morgan fingerprint density at radius 3 is 2.62 bits per heavy atom. The number of nitrogens with zero attached hydrogens (tertiary/aromatic N) is 1. The van der Waals surface area contributed by atoms with Crippen LogP contribution in [0, 0.1) is 10.1 Å². The average Bonchev–Trinajstić information content (AvgIpc) is 2.44. The summed E-state index contributed by atoms with van der Waals surface area (Å²) in [6.45, 7) is 1.75. The van der Waals surface area contributed by atoms with Crippen LogP contribution in [0.5, 0.6) is 0 Å². The SMILES string of the molecule is CCC[C@@H](NC(=O)NCc1ccccc1[N+](=O)[O-])C(=O)O. The summed E-state index contributed by atoms with van der Waals surface area (Å²) < 4.78 is 0. The highest BCUT2D eigenvalue weighted by atomic mass is 16.6. The molecule has 0 bridgehead atoms. The fourth-order valence-corrected chi connectivity index (χ4v) is 1.77. The van der Waals surface area contributed by atoms with Crippen LogP contribution >= 0.6 is 0 Å². The Morgan fingerprint density at radius 2 is 2.05 bits per heavy atom. The summed E-state index contributed by atoms with van der Waals surface area (Å²) in [5.74, 6) is -1.11. The van der Waals surface area contributed by atoms with Crippen LogP contribution in [0.1, 0.15) is 25.3 Å². The van der Waals surface area contributed by atoms with Gasteiger partial charge in [0.25, 0.3) is 5.69 Å². The first-order valence-electron chi connectivity index (χ1n) is 6.45. The van der Waals surface area contributed by atoms with Crippen LogP contribution in [0.4, 0.5) is 10.5 Å². The van der Waals surface area contributed by atoms with Gasteiger partial charge < -0.3 is 15.7 Å². The van der Waals surface area contributed by atoms with Crippen molar-refractivity contribution >= 4 is 17.7 Å². The number of para-hydroxylation sites is 1. The summed E-state index contributed by atoms with van der Waals surface area (Å²) in [5.41, 5.74) is 0.251. The second-order valence-electron chi connectivity index (χ2n) is 4.39. The van der Waals surface area contributed by atoms with Gasteiger partial charge in [-0.1, -0.05) is 31.5 Å². The van der Waals surface area contributed by atoms with Crippen LogP contribution < -0.4 is 10.6 Å². The number of nitro groups is 1. The molecule has 8 nitrogen and oxygen atoms in total. The van der Waals surface area contributed by atoms with Gasteiger partial charge in [0.15, 0.2) is 0 Å². The molecule has 2 amide bonds. The number of urea groups is 1. The van der Waals surface area contributed by atoms with Gasteiger partial charge in [0.2, 0.25) is 0 Å². The number of rotatable bonds is 7. The first-order chi connectivity index (χ1) is 9.95. The number of aliphatic carboxylic acids is 1. The summed E-state index contributed by atoms with van der Waals surface area (Å²) in [7, 11) is 0. The molecule has 0 saturated carbocycles. The maximum atomic E-state index is 11.6. The monoisotopic (exact) mass is 295 g/mol. The summed E-state index contributed by atoms with van der Waals surface area (Å²) in [6, 6.07) is 4.38. The molecule has 114 valence electrons. The Morgan fingerprint density at radius 1 is 1.38 bits per heavy atom. The topological polar surface area (TPSA) is 122 Å². The lowest BCUT2D eigenvalue weighted by Crippen LogP contribution is -2.45. The van der Waals surface area contributed by atoms with Gasteiger partial charge in [0.05, 0.1) is 11.5 Å². The van der Waals surface area contributed by atoms with Crippen molar-refractivity contribution in [3.63, 3.8) is 0 Å². The Balaban J connectivity index is 2.61. The van der Waals surface area contributed by atoms with Crippen LogP contribution in [-0.2, 0) is 11.3 Å². The minimum absolute atomic E-state index is 0.0541. The average molecular weight is 295 g/mol. The molecular weight excluding hydrogens is 278 g/mol. The minimum Gasteiger partial charge on any atom is -0.480 e. The second-order valence-corrected chi connectivity index (χ2v) is 4.39. The zero-order valence-electron chi connectivity index (χ0n) is 11.5. The van der Waals surface area contributed by atoms with Crippen molar-refractivity contribution in [1.29, 1.82) is 0 Å². The molecule has 1 rings (SSSR count).